The predicted octanol–water partition coefficient (Wildman–Crippen LogP) is 3.87. The van der Waals surface area contributed by atoms with Crippen molar-refractivity contribution >= 4 is 11.6 Å². The summed E-state index contributed by atoms with van der Waals surface area (Å²) in [5, 5.41) is 0.392. The first-order valence-electron chi connectivity index (χ1n) is 6.05. The second-order valence-corrected chi connectivity index (χ2v) is 4.85. The summed E-state index contributed by atoms with van der Waals surface area (Å²) in [6.07, 6.45) is 0.153. The first kappa shape index (κ1) is 14.8. The average molecular weight is 298 g/mol. The Labute approximate surface area is 121 Å². The van der Waals surface area contributed by atoms with Crippen LogP contribution in [0, 0.1) is 11.6 Å². The number of ether oxygens (including phenoxy) is 1. The summed E-state index contributed by atoms with van der Waals surface area (Å²) in [4.78, 5) is 0. The number of rotatable bonds is 4. The molecule has 0 aliphatic heterocycles. The van der Waals surface area contributed by atoms with Crippen LogP contribution in [0.4, 0.5) is 8.78 Å². The van der Waals surface area contributed by atoms with E-state index < -0.39 is 17.7 Å². The summed E-state index contributed by atoms with van der Waals surface area (Å²) in [6.45, 7) is 0. The Morgan fingerprint density at radius 1 is 1.25 bits per heavy atom. The third kappa shape index (κ3) is 3.08. The molecule has 0 saturated heterocycles. The highest BCUT2D eigenvalue weighted by Crippen LogP contribution is 2.26. The van der Waals surface area contributed by atoms with Gasteiger partial charge in [0.05, 0.1) is 7.11 Å². The molecule has 0 aliphatic carbocycles. The second kappa shape index (κ2) is 6.20. The Bertz CT molecular complexity index is 619. The maximum Gasteiger partial charge on any atom is 0.168 e. The van der Waals surface area contributed by atoms with Gasteiger partial charge in [0.2, 0.25) is 0 Å². The summed E-state index contributed by atoms with van der Waals surface area (Å²) < 4.78 is 32.6. The number of hydrogen-bond acceptors (Lipinski definition) is 2. The molecule has 1 atom stereocenters. The molecule has 0 radical (unpaired) electrons. The molecule has 5 heteroatoms. The van der Waals surface area contributed by atoms with Crippen molar-refractivity contribution in [3.8, 4) is 5.75 Å². The highest BCUT2D eigenvalue weighted by Gasteiger charge is 2.16. The fourth-order valence-corrected chi connectivity index (χ4v) is 2.20. The van der Waals surface area contributed by atoms with Crippen LogP contribution >= 0.6 is 11.6 Å². The van der Waals surface area contributed by atoms with Crippen LogP contribution in [-0.2, 0) is 6.42 Å². The Morgan fingerprint density at radius 3 is 2.70 bits per heavy atom. The van der Waals surface area contributed by atoms with Crippen molar-refractivity contribution in [3.63, 3.8) is 0 Å². The van der Waals surface area contributed by atoms with Gasteiger partial charge < -0.3 is 10.5 Å². The van der Waals surface area contributed by atoms with Crippen molar-refractivity contribution < 1.29 is 13.5 Å². The van der Waals surface area contributed by atoms with Crippen molar-refractivity contribution in [2.24, 2.45) is 5.73 Å². The largest absolute Gasteiger partial charge is 0.494 e. The van der Waals surface area contributed by atoms with Gasteiger partial charge in [-0.25, -0.2) is 8.78 Å². The zero-order valence-corrected chi connectivity index (χ0v) is 11.6. The Hall–Kier alpha value is -1.65. The molecule has 0 bridgehead atoms. The van der Waals surface area contributed by atoms with Crippen LogP contribution < -0.4 is 10.5 Å². The van der Waals surface area contributed by atoms with E-state index in [4.69, 9.17) is 22.1 Å². The first-order chi connectivity index (χ1) is 9.52. The molecule has 0 fully saturated rings. The van der Waals surface area contributed by atoms with Gasteiger partial charge >= 0.3 is 0 Å². The van der Waals surface area contributed by atoms with E-state index in [1.807, 2.05) is 0 Å². The molecule has 106 valence electrons. The minimum atomic E-state index is -0.685. The monoisotopic (exact) mass is 297 g/mol. The Morgan fingerprint density at radius 2 is 2.00 bits per heavy atom. The van der Waals surface area contributed by atoms with Crippen LogP contribution in [0.15, 0.2) is 36.4 Å². The molecular weight excluding hydrogens is 284 g/mol. The van der Waals surface area contributed by atoms with E-state index in [0.29, 0.717) is 10.6 Å². The fraction of sp³-hybridized carbons (Fsp3) is 0.200. The maximum atomic E-state index is 14.0. The molecular formula is C15H14ClF2NO. The molecule has 0 saturated carbocycles. The van der Waals surface area contributed by atoms with Gasteiger partial charge in [0.15, 0.2) is 11.6 Å². The SMILES string of the molecule is COc1cccc(CC(N)c2cc(Cl)ccc2F)c1F. The van der Waals surface area contributed by atoms with Crippen LogP contribution in [0.5, 0.6) is 5.75 Å². The van der Waals surface area contributed by atoms with Gasteiger partial charge in [0.1, 0.15) is 5.82 Å². The second-order valence-electron chi connectivity index (χ2n) is 4.41. The minimum absolute atomic E-state index is 0.140. The molecule has 0 aromatic heterocycles. The number of benzene rings is 2. The minimum Gasteiger partial charge on any atom is -0.494 e. The van der Waals surface area contributed by atoms with Crippen molar-refractivity contribution in [2.45, 2.75) is 12.5 Å². The lowest BCUT2D eigenvalue weighted by Gasteiger charge is -2.15. The van der Waals surface area contributed by atoms with Crippen LogP contribution in [0.2, 0.25) is 5.02 Å². The fourth-order valence-electron chi connectivity index (χ4n) is 2.02. The van der Waals surface area contributed by atoms with Crippen molar-refractivity contribution in [3.05, 3.63) is 64.2 Å². The normalized spacial score (nSPS) is 12.2. The Balaban J connectivity index is 2.28. The zero-order valence-electron chi connectivity index (χ0n) is 10.9. The summed E-state index contributed by atoms with van der Waals surface area (Å²) in [5.74, 6) is -0.792. The van der Waals surface area contributed by atoms with E-state index in [0.717, 1.165) is 0 Å². The van der Waals surface area contributed by atoms with Crippen LogP contribution in [0.3, 0.4) is 0 Å². The van der Waals surface area contributed by atoms with Gasteiger partial charge in [-0.1, -0.05) is 23.7 Å². The van der Waals surface area contributed by atoms with E-state index in [1.165, 1.54) is 31.4 Å². The van der Waals surface area contributed by atoms with E-state index in [2.05, 4.69) is 0 Å². The average Bonchev–Trinajstić information content (AvgIpc) is 2.43. The molecule has 0 heterocycles. The van der Waals surface area contributed by atoms with Crippen molar-refractivity contribution in [1.29, 1.82) is 0 Å². The number of methoxy groups -OCH3 is 1. The number of halogens is 3. The van der Waals surface area contributed by atoms with Crippen molar-refractivity contribution in [1.82, 2.24) is 0 Å². The lowest BCUT2D eigenvalue weighted by atomic mass is 9.98. The third-order valence-electron chi connectivity index (χ3n) is 3.06. The van der Waals surface area contributed by atoms with E-state index in [1.54, 1.807) is 12.1 Å². The Kier molecular flexibility index (Phi) is 4.57. The standard InChI is InChI=1S/C15H14ClF2NO/c1-20-14-4-2-3-9(15(14)18)7-13(19)11-8-10(16)5-6-12(11)17/h2-6,8,13H,7,19H2,1H3. The van der Waals surface area contributed by atoms with Crippen LogP contribution in [0.1, 0.15) is 17.2 Å². The summed E-state index contributed by atoms with van der Waals surface area (Å²) in [7, 11) is 1.39. The smallest absolute Gasteiger partial charge is 0.168 e. The van der Waals surface area contributed by atoms with E-state index in [9.17, 15) is 8.78 Å². The van der Waals surface area contributed by atoms with Gasteiger partial charge in [0, 0.05) is 16.6 Å². The molecule has 2 aromatic rings. The molecule has 0 spiro atoms. The molecule has 20 heavy (non-hydrogen) atoms. The lowest BCUT2D eigenvalue weighted by molar-refractivity contribution is 0.383. The van der Waals surface area contributed by atoms with Gasteiger partial charge in [-0.15, -0.1) is 0 Å². The third-order valence-corrected chi connectivity index (χ3v) is 3.30. The summed E-state index contributed by atoms with van der Waals surface area (Å²) >= 11 is 5.83. The lowest BCUT2D eigenvalue weighted by Crippen LogP contribution is -2.16. The molecule has 2 N–H and O–H groups in total. The van der Waals surface area contributed by atoms with Gasteiger partial charge in [0.25, 0.3) is 0 Å². The highest BCUT2D eigenvalue weighted by molar-refractivity contribution is 6.30. The zero-order chi connectivity index (χ0) is 14.7. The molecule has 2 aromatic carbocycles. The topological polar surface area (TPSA) is 35.2 Å². The molecule has 1 unspecified atom stereocenters. The predicted molar refractivity (Wildman–Crippen MR) is 75.0 cm³/mol. The van der Waals surface area contributed by atoms with Crippen LogP contribution in [0.25, 0.3) is 0 Å². The van der Waals surface area contributed by atoms with Gasteiger partial charge in [-0.2, -0.15) is 0 Å². The number of hydrogen-bond donors (Lipinski definition) is 1. The first-order valence-corrected chi connectivity index (χ1v) is 6.42. The quantitative estimate of drug-likeness (QED) is 0.930. The molecule has 2 rings (SSSR count). The highest BCUT2D eigenvalue weighted by atomic mass is 35.5. The van der Waals surface area contributed by atoms with Crippen molar-refractivity contribution in [2.75, 3.05) is 7.11 Å². The summed E-state index contributed by atoms with van der Waals surface area (Å²) in [6, 6.07) is 8.25. The number of nitrogens with two attached hydrogens (primary N) is 1. The molecule has 2 nitrogen and oxygen atoms in total. The van der Waals surface area contributed by atoms with Crippen LogP contribution in [-0.4, -0.2) is 7.11 Å². The molecule has 0 amide bonds. The van der Waals surface area contributed by atoms with E-state index >= 15 is 0 Å². The van der Waals surface area contributed by atoms with E-state index in [-0.39, 0.29) is 17.7 Å². The van der Waals surface area contributed by atoms with Gasteiger partial charge in [-0.05, 0) is 36.2 Å². The van der Waals surface area contributed by atoms with Gasteiger partial charge in [-0.3, -0.25) is 0 Å². The molecule has 0 aliphatic rings. The summed E-state index contributed by atoms with van der Waals surface area (Å²) in [5.41, 5.74) is 6.59. The maximum absolute atomic E-state index is 14.0.